The van der Waals surface area contributed by atoms with Crippen molar-refractivity contribution in [2.24, 2.45) is 11.3 Å². The molecule has 1 amide bonds. The summed E-state index contributed by atoms with van der Waals surface area (Å²) in [5.41, 5.74) is 1.85. The molecule has 6 nitrogen and oxygen atoms in total. The van der Waals surface area contributed by atoms with Gasteiger partial charge >= 0.3 is 0 Å². The maximum atomic E-state index is 13.0. The van der Waals surface area contributed by atoms with Crippen LogP contribution in [-0.2, 0) is 6.42 Å². The maximum Gasteiger partial charge on any atom is 0.259 e. The quantitative estimate of drug-likeness (QED) is 0.903. The van der Waals surface area contributed by atoms with Gasteiger partial charge in [-0.3, -0.25) is 4.79 Å². The lowest BCUT2D eigenvalue weighted by Gasteiger charge is -2.30. The Morgan fingerprint density at radius 2 is 2.20 bits per heavy atom. The van der Waals surface area contributed by atoms with Crippen LogP contribution in [0.25, 0.3) is 0 Å². The number of aromatic nitrogens is 1. The van der Waals surface area contributed by atoms with Crippen molar-refractivity contribution in [2.75, 3.05) is 26.3 Å². The Morgan fingerprint density at radius 1 is 1.40 bits per heavy atom. The Labute approximate surface area is 146 Å². The van der Waals surface area contributed by atoms with Crippen molar-refractivity contribution in [2.45, 2.75) is 20.3 Å². The molecule has 25 heavy (non-hydrogen) atoms. The first-order valence-corrected chi connectivity index (χ1v) is 8.58. The van der Waals surface area contributed by atoms with Crippen molar-refractivity contribution < 1.29 is 19.2 Å². The van der Waals surface area contributed by atoms with Crippen molar-refractivity contribution in [3.63, 3.8) is 0 Å². The maximum absolute atomic E-state index is 13.0. The lowest BCUT2D eigenvalue weighted by Crippen LogP contribution is -2.38. The van der Waals surface area contributed by atoms with Crippen LogP contribution in [0.4, 0.5) is 0 Å². The number of ether oxygens (including phenoxy) is 1. The van der Waals surface area contributed by atoms with E-state index in [0.717, 1.165) is 11.3 Å². The van der Waals surface area contributed by atoms with Gasteiger partial charge in [-0.2, -0.15) is 0 Å². The molecule has 2 aliphatic heterocycles. The van der Waals surface area contributed by atoms with E-state index in [1.165, 1.54) is 0 Å². The molecule has 4 rings (SSSR count). The topological polar surface area (TPSA) is 75.8 Å². The van der Waals surface area contributed by atoms with Crippen molar-refractivity contribution >= 4 is 5.91 Å². The van der Waals surface area contributed by atoms with Crippen molar-refractivity contribution in [1.29, 1.82) is 0 Å². The molecule has 0 saturated carbocycles. The van der Waals surface area contributed by atoms with Crippen LogP contribution < -0.4 is 4.74 Å². The van der Waals surface area contributed by atoms with Crippen LogP contribution >= 0.6 is 0 Å². The van der Waals surface area contributed by atoms with Crippen LogP contribution in [0.2, 0.25) is 0 Å². The average molecular weight is 342 g/mol. The Balaban J connectivity index is 1.64. The van der Waals surface area contributed by atoms with Gasteiger partial charge in [0.25, 0.3) is 5.91 Å². The number of fused-ring (bicyclic) bond motifs is 2. The highest BCUT2D eigenvalue weighted by molar-refractivity contribution is 5.96. The van der Waals surface area contributed by atoms with Crippen LogP contribution in [0.3, 0.4) is 0 Å². The van der Waals surface area contributed by atoms with Crippen molar-refractivity contribution in [3.05, 3.63) is 46.8 Å². The average Bonchev–Trinajstić information content (AvgIpc) is 3.09. The predicted octanol–water partition coefficient (Wildman–Crippen LogP) is 1.98. The predicted molar refractivity (Wildman–Crippen MR) is 90.5 cm³/mol. The van der Waals surface area contributed by atoms with Gasteiger partial charge in [0.05, 0.1) is 18.9 Å². The zero-order valence-corrected chi connectivity index (χ0v) is 14.5. The van der Waals surface area contributed by atoms with Crippen LogP contribution in [0, 0.1) is 25.2 Å². The van der Waals surface area contributed by atoms with E-state index in [1.807, 2.05) is 29.2 Å². The van der Waals surface area contributed by atoms with Gasteiger partial charge < -0.3 is 19.3 Å². The summed E-state index contributed by atoms with van der Waals surface area (Å²) in [6, 6.07) is 7.94. The van der Waals surface area contributed by atoms with Gasteiger partial charge in [-0.05, 0) is 31.9 Å². The summed E-state index contributed by atoms with van der Waals surface area (Å²) >= 11 is 0. The molecule has 1 fully saturated rings. The summed E-state index contributed by atoms with van der Waals surface area (Å²) in [5.74, 6) is 1.43. The Bertz CT molecular complexity index is 796. The van der Waals surface area contributed by atoms with Gasteiger partial charge in [-0.1, -0.05) is 23.4 Å². The minimum atomic E-state index is -0.374. The number of carbonyl (C=O) groups excluding carboxylic acids is 1. The van der Waals surface area contributed by atoms with Crippen LogP contribution in [0.1, 0.15) is 27.4 Å². The molecule has 1 aromatic heterocycles. The molecule has 0 radical (unpaired) electrons. The molecule has 0 bridgehead atoms. The summed E-state index contributed by atoms with van der Waals surface area (Å²) in [6.07, 6.45) is 0.704. The minimum Gasteiger partial charge on any atom is -0.493 e. The molecule has 0 aliphatic carbocycles. The van der Waals surface area contributed by atoms with E-state index < -0.39 is 0 Å². The second kappa shape index (κ2) is 5.88. The first kappa shape index (κ1) is 16.1. The highest BCUT2D eigenvalue weighted by Crippen LogP contribution is 2.43. The Hall–Kier alpha value is -2.34. The third-order valence-electron chi connectivity index (χ3n) is 5.62. The van der Waals surface area contributed by atoms with E-state index in [4.69, 9.17) is 9.26 Å². The number of nitrogens with zero attached hydrogens (tertiary/aromatic N) is 2. The number of hydrogen-bond acceptors (Lipinski definition) is 5. The second-order valence-corrected chi connectivity index (χ2v) is 7.20. The highest BCUT2D eigenvalue weighted by atomic mass is 16.5. The fourth-order valence-corrected chi connectivity index (χ4v) is 4.16. The molecule has 0 spiro atoms. The van der Waals surface area contributed by atoms with Crippen molar-refractivity contribution in [3.8, 4) is 5.75 Å². The normalized spacial score (nSPS) is 25.1. The molecule has 2 aliphatic rings. The Morgan fingerprint density at radius 3 is 2.92 bits per heavy atom. The smallest absolute Gasteiger partial charge is 0.259 e. The third-order valence-corrected chi connectivity index (χ3v) is 5.62. The molecule has 6 heteroatoms. The van der Waals surface area contributed by atoms with E-state index >= 15 is 0 Å². The fourth-order valence-electron chi connectivity index (χ4n) is 4.16. The molecule has 1 N–H and O–H groups in total. The van der Waals surface area contributed by atoms with Gasteiger partial charge in [-0.25, -0.2) is 0 Å². The number of carbonyl (C=O) groups is 1. The molecule has 2 atom stereocenters. The van der Waals surface area contributed by atoms with Gasteiger partial charge in [0.15, 0.2) is 0 Å². The molecule has 1 saturated heterocycles. The third kappa shape index (κ3) is 2.52. The number of aryl methyl sites for hydroxylation is 2. The van der Waals surface area contributed by atoms with E-state index in [1.54, 1.807) is 13.8 Å². The van der Waals surface area contributed by atoms with Crippen LogP contribution in [-0.4, -0.2) is 47.4 Å². The number of benzene rings is 1. The summed E-state index contributed by atoms with van der Waals surface area (Å²) in [5, 5.41) is 14.1. The van der Waals surface area contributed by atoms with Gasteiger partial charge in [0.2, 0.25) is 0 Å². The molecular weight excluding hydrogens is 320 g/mol. The zero-order valence-electron chi connectivity index (χ0n) is 14.5. The molecule has 132 valence electrons. The number of rotatable bonds is 2. The first-order chi connectivity index (χ1) is 12.0. The summed E-state index contributed by atoms with van der Waals surface area (Å²) in [6.45, 7) is 5.14. The van der Waals surface area contributed by atoms with E-state index in [2.05, 4.69) is 5.16 Å². The SMILES string of the molecule is Cc1noc(C)c1C(=O)N1C[C@H]2COc3ccccc3C[C@@]2(CO)C1. The number of likely N-dealkylation sites (tertiary alicyclic amines) is 1. The Kier molecular flexibility index (Phi) is 3.80. The molecular formula is C19H22N2O4. The molecule has 3 heterocycles. The number of amides is 1. The highest BCUT2D eigenvalue weighted by Gasteiger charge is 2.50. The lowest BCUT2D eigenvalue weighted by molar-refractivity contribution is 0.0693. The minimum absolute atomic E-state index is 0.0285. The number of aliphatic hydroxyl groups is 1. The number of para-hydroxylation sites is 1. The molecule has 2 aromatic rings. The number of aliphatic hydroxyl groups excluding tert-OH is 1. The van der Waals surface area contributed by atoms with Crippen LogP contribution in [0.15, 0.2) is 28.8 Å². The standard InChI is InChI=1S/C19H22N2O4/c1-12-17(13(2)25-20-12)18(23)21-8-15-9-24-16-6-4-3-5-14(16)7-19(15,10-21)11-22/h3-6,15,22H,7-11H2,1-2H3/t15-,19-/m0/s1. The largest absolute Gasteiger partial charge is 0.493 e. The van der Waals surface area contributed by atoms with Crippen LogP contribution in [0.5, 0.6) is 5.75 Å². The van der Waals surface area contributed by atoms with Gasteiger partial charge in [0, 0.05) is 24.4 Å². The van der Waals surface area contributed by atoms with E-state index in [-0.39, 0.29) is 23.8 Å². The van der Waals surface area contributed by atoms with E-state index in [0.29, 0.717) is 43.1 Å². The lowest BCUT2D eigenvalue weighted by atomic mass is 9.75. The summed E-state index contributed by atoms with van der Waals surface area (Å²) < 4.78 is 11.1. The first-order valence-electron chi connectivity index (χ1n) is 8.58. The molecule has 1 aromatic carbocycles. The fraction of sp³-hybridized carbons (Fsp3) is 0.474. The van der Waals surface area contributed by atoms with Gasteiger partial charge in [0.1, 0.15) is 17.1 Å². The zero-order chi connectivity index (χ0) is 17.6. The summed E-state index contributed by atoms with van der Waals surface area (Å²) in [4.78, 5) is 14.8. The monoisotopic (exact) mass is 342 g/mol. The number of hydrogen-bond donors (Lipinski definition) is 1. The second-order valence-electron chi connectivity index (χ2n) is 7.20. The molecule has 0 unspecified atom stereocenters. The van der Waals surface area contributed by atoms with Gasteiger partial charge in [-0.15, -0.1) is 0 Å². The van der Waals surface area contributed by atoms with Crippen molar-refractivity contribution in [1.82, 2.24) is 10.1 Å². The van der Waals surface area contributed by atoms with E-state index in [9.17, 15) is 9.90 Å². The summed E-state index contributed by atoms with van der Waals surface area (Å²) in [7, 11) is 0.